The lowest BCUT2D eigenvalue weighted by Crippen LogP contribution is -2.26. The number of anilines is 2. The Morgan fingerprint density at radius 1 is 1.17 bits per heavy atom. The molecule has 1 N–H and O–H groups in total. The van der Waals surface area contributed by atoms with Crippen molar-refractivity contribution in [3.63, 3.8) is 0 Å². The first-order chi connectivity index (χ1) is 14.0. The average molecular weight is 405 g/mol. The molecule has 0 saturated carbocycles. The van der Waals surface area contributed by atoms with E-state index in [1.807, 2.05) is 36.4 Å². The van der Waals surface area contributed by atoms with Crippen LogP contribution in [0.4, 0.5) is 11.4 Å². The monoisotopic (exact) mass is 405 g/mol. The first-order valence-corrected chi connectivity index (χ1v) is 9.84. The number of benzene rings is 2. The number of ether oxygens (including phenoxy) is 1. The van der Waals surface area contributed by atoms with Crippen molar-refractivity contribution in [1.82, 2.24) is 4.98 Å². The van der Waals surface area contributed by atoms with Gasteiger partial charge in [0.05, 0.1) is 24.8 Å². The number of amides is 2. The van der Waals surface area contributed by atoms with Crippen LogP contribution in [0.1, 0.15) is 15.9 Å². The summed E-state index contributed by atoms with van der Waals surface area (Å²) in [6, 6.07) is 16.5. The zero-order chi connectivity index (χ0) is 20.4. The van der Waals surface area contributed by atoms with E-state index in [0.29, 0.717) is 16.3 Å². The summed E-state index contributed by atoms with van der Waals surface area (Å²) in [4.78, 5) is 32.0. The highest BCUT2D eigenvalue weighted by Gasteiger charge is 2.25. The Morgan fingerprint density at radius 2 is 1.97 bits per heavy atom. The number of aromatic nitrogens is 1. The lowest BCUT2D eigenvalue weighted by atomic mass is 10.1. The third-order valence-electron chi connectivity index (χ3n) is 4.64. The van der Waals surface area contributed by atoms with E-state index in [0.717, 1.165) is 21.9 Å². The number of carbonyl (C=O) groups excluding carboxylic acids is 2. The van der Waals surface area contributed by atoms with Crippen molar-refractivity contribution < 1.29 is 14.3 Å². The standard InChI is InChI=1S/C22H19N3O3S/c1-25-18-10-7-15(24-20(26)12-14-5-8-16(28-2)9-6-14)13-19(18)29-21-17(22(25)27)4-3-11-23-21/h3-11,13H,12H2,1-2H3,(H,24,26). The van der Waals surface area contributed by atoms with Crippen LogP contribution in [0.15, 0.2) is 70.7 Å². The van der Waals surface area contributed by atoms with E-state index >= 15 is 0 Å². The highest BCUT2D eigenvalue weighted by molar-refractivity contribution is 7.99. The van der Waals surface area contributed by atoms with Gasteiger partial charge in [-0.05, 0) is 48.0 Å². The Morgan fingerprint density at radius 3 is 2.72 bits per heavy atom. The van der Waals surface area contributed by atoms with Crippen LogP contribution in [-0.2, 0) is 11.2 Å². The number of pyridine rings is 1. The Hall–Kier alpha value is -3.32. The second-order valence-electron chi connectivity index (χ2n) is 6.58. The molecule has 2 aromatic carbocycles. The first kappa shape index (κ1) is 19.0. The highest BCUT2D eigenvalue weighted by atomic mass is 32.2. The zero-order valence-corrected chi connectivity index (χ0v) is 16.8. The average Bonchev–Trinajstić information content (AvgIpc) is 2.83. The number of carbonyl (C=O) groups is 2. The number of hydrogen-bond acceptors (Lipinski definition) is 5. The van der Waals surface area contributed by atoms with E-state index in [4.69, 9.17) is 4.74 Å². The fraction of sp³-hybridized carbons (Fsp3) is 0.136. The molecule has 0 radical (unpaired) electrons. The molecule has 0 unspecified atom stereocenters. The van der Waals surface area contributed by atoms with Gasteiger partial charge in [0.1, 0.15) is 10.8 Å². The highest BCUT2D eigenvalue weighted by Crippen LogP contribution is 2.41. The SMILES string of the molecule is COc1ccc(CC(=O)Nc2ccc3c(c2)Sc2ncccc2C(=O)N3C)cc1. The van der Waals surface area contributed by atoms with Crippen LogP contribution in [0.2, 0.25) is 0 Å². The summed E-state index contributed by atoms with van der Waals surface area (Å²) in [6.45, 7) is 0. The maximum atomic E-state index is 12.7. The molecule has 4 rings (SSSR count). The summed E-state index contributed by atoms with van der Waals surface area (Å²) in [6.07, 6.45) is 1.93. The summed E-state index contributed by atoms with van der Waals surface area (Å²) >= 11 is 1.42. The van der Waals surface area contributed by atoms with Gasteiger partial charge in [-0.1, -0.05) is 23.9 Å². The van der Waals surface area contributed by atoms with E-state index in [1.165, 1.54) is 11.8 Å². The van der Waals surface area contributed by atoms with Crippen LogP contribution in [0.25, 0.3) is 0 Å². The van der Waals surface area contributed by atoms with Gasteiger partial charge in [0.25, 0.3) is 5.91 Å². The maximum Gasteiger partial charge on any atom is 0.260 e. The molecule has 0 fully saturated rings. The minimum atomic E-state index is -0.114. The molecule has 1 aliphatic rings. The van der Waals surface area contributed by atoms with Crippen molar-refractivity contribution in [1.29, 1.82) is 0 Å². The van der Waals surface area contributed by atoms with Crippen molar-refractivity contribution in [2.45, 2.75) is 16.3 Å². The lowest BCUT2D eigenvalue weighted by Gasteiger charge is -2.18. The normalized spacial score (nSPS) is 12.6. The molecule has 146 valence electrons. The Labute approximate surface area is 172 Å². The second kappa shape index (κ2) is 7.97. The molecule has 29 heavy (non-hydrogen) atoms. The van der Waals surface area contributed by atoms with Gasteiger partial charge in [0, 0.05) is 23.8 Å². The van der Waals surface area contributed by atoms with E-state index in [9.17, 15) is 9.59 Å². The predicted molar refractivity (Wildman–Crippen MR) is 113 cm³/mol. The molecule has 0 spiro atoms. The molecule has 1 aliphatic heterocycles. The number of nitrogens with zero attached hydrogens (tertiary/aromatic N) is 2. The van der Waals surface area contributed by atoms with Crippen molar-refractivity contribution in [2.24, 2.45) is 0 Å². The number of methoxy groups -OCH3 is 1. The van der Waals surface area contributed by atoms with Crippen LogP contribution < -0.4 is 15.0 Å². The predicted octanol–water partition coefficient (Wildman–Crippen LogP) is 4.01. The van der Waals surface area contributed by atoms with Crippen LogP contribution >= 0.6 is 11.8 Å². The Bertz CT molecular complexity index is 1080. The molecule has 6 nitrogen and oxygen atoms in total. The third-order valence-corrected chi connectivity index (χ3v) is 5.71. The van der Waals surface area contributed by atoms with Crippen molar-refractivity contribution in [3.05, 3.63) is 71.9 Å². The molecular formula is C22H19N3O3S. The van der Waals surface area contributed by atoms with Gasteiger partial charge < -0.3 is 15.0 Å². The molecule has 1 aromatic heterocycles. The van der Waals surface area contributed by atoms with Crippen LogP contribution in [0, 0.1) is 0 Å². The van der Waals surface area contributed by atoms with Gasteiger partial charge in [0.2, 0.25) is 5.91 Å². The first-order valence-electron chi connectivity index (χ1n) is 9.03. The number of hydrogen-bond donors (Lipinski definition) is 1. The summed E-state index contributed by atoms with van der Waals surface area (Å²) in [5.41, 5.74) is 2.93. The molecule has 0 atom stereocenters. The molecule has 7 heteroatoms. The minimum Gasteiger partial charge on any atom is -0.497 e. The van der Waals surface area contributed by atoms with Crippen molar-refractivity contribution >= 4 is 35.0 Å². The van der Waals surface area contributed by atoms with Gasteiger partial charge in [-0.2, -0.15) is 0 Å². The zero-order valence-electron chi connectivity index (χ0n) is 16.0. The third kappa shape index (κ3) is 3.95. The molecule has 0 aliphatic carbocycles. The number of fused-ring (bicyclic) bond motifs is 2. The van der Waals surface area contributed by atoms with E-state index in [2.05, 4.69) is 10.3 Å². The van der Waals surface area contributed by atoms with E-state index in [1.54, 1.807) is 43.5 Å². The van der Waals surface area contributed by atoms with E-state index < -0.39 is 0 Å². The largest absolute Gasteiger partial charge is 0.497 e. The van der Waals surface area contributed by atoms with Crippen molar-refractivity contribution in [3.8, 4) is 5.75 Å². The molecular weight excluding hydrogens is 386 g/mol. The smallest absolute Gasteiger partial charge is 0.260 e. The maximum absolute atomic E-state index is 12.7. The summed E-state index contributed by atoms with van der Waals surface area (Å²) in [5.74, 6) is 0.539. The Balaban J connectivity index is 1.54. The van der Waals surface area contributed by atoms with Crippen LogP contribution in [0.3, 0.4) is 0 Å². The summed E-state index contributed by atoms with van der Waals surface area (Å²) in [7, 11) is 3.35. The number of rotatable bonds is 4. The van der Waals surface area contributed by atoms with Gasteiger partial charge in [-0.3, -0.25) is 9.59 Å². The van der Waals surface area contributed by atoms with Gasteiger partial charge in [-0.25, -0.2) is 4.98 Å². The lowest BCUT2D eigenvalue weighted by molar-refractivity contribution is -0.115. The topological polar surface area (TPSA) is 71.5 Å². The second-order valence-corrected chi connectivity index (χ2v) is 7.61. The Kier molecular flexibility index (Phi) is 5.22. The van der Waals surface area contributed by atoms with Gasteiger partial charge in [0.15, 0.2) is 0 Å². The van der Waals surface area contributed by atoms with E-state index in [-0.39, 0.29) is 18.2 Å². The van der Waals surface area contributed by atoms with Crippen LogP contribution in [-0.4, -0.2) is 31.0 Å². The van der Waals surface area contributed by atoms with Gasteiger partial charge >= 0.3 is 0 Å². The van der Waals surface area contributed by atoms with Crippen LogP contribution in [0.5, 0.6) is 5.75 Å². The number of nitrogens with one attached hydrogen (secondary N) is 1. The molecule has 3 aromatic rings. The molecule has 0 bridgehead atoms. The molecule has 0 saturated heterocycles. The van der Waals surface area contributed by atoms with Gasteiger partial charge in [-0.15, -0.1) is 0 Å². The summed E-state index contributed by atoms with van der Waals surface area (Å²) in [5, 5.41) is 3.59. The molecule has 2 heterocycles. The fourth-order valence-electron chi connectivity index (χ4n) is 3.11. The molecule has 2 amide bonds. The summed E-state index contributed by atoms with van der Waals surface area (Å²) < 4.78 is 5.14. The minimum absolute atomic E-state index is 0.101. The quantitative estimate of drug-likeness (QED) is 0.710. The fourth-order valence-corrected chi connectivity index (χ4v) is 4.20. The van der Waals surface area contributed by atoms with Crippen molar-refractivity contribution in [2.75, 3.05) is 24.4 Å².